The van der Waals surface area contributed by atoms with Gasteiger partial charge in [-0.3, -0.25) is 14.8 Å². The fourth-order valence-corrected chi connectivity index (χ4v) is 3.89. The SMILES string of the molecule is C=C(C)c1cc(N(CC)Cc2cccc(-n3c(=S)[nH][nH]c3=S)c2)ccc1S. The molecule has 0 fully saturated rings. The van der Waals surface area contributed by atoms with Gasteiger partial charge in [0.05, 0.1) is 5.69 Å². The van der Waals surface area contributed by atoms with Gasteiger partial charge in [-0.05, 0) is 85.3 Å². The number of aromatic amines is 2. The Balaban J connectivity index is 1.93. The lowest BCUT2D eigenvalue weighted by Crippen LogP contribution is -2.22. The summed E-state index contributed by atoms with van der Waals surface area (Å²) in [6, 6.07) is 14.5. The maximum atomic E-state index is 5.32. The van der Waals surface area contributed by atoms with Crippen LogP contribution in [0.1, 0.15) is 25.0 Å². The minimum atomic E-state index is 0.556. The molecule has 0 saturated heterocycles. The lowest BCUT2D eigenvalue weighted by atomic mass is 10.1. The van der Waals surface area contributed by atoms with Crippen molar-refractivity contribution in [3.05, 3.63) is 69.7 Å². The first kappa shape index (κ1) is 19.7. The minimum Gasteiger partial charge on any atom is -0.367 e. The lowest BCUT2D eigenvalue weighted by molar-refractivity contribution is 0.829. The average molecular weight is 415 g/mol. The van der Waals surface area contributed by atoms with Crippen LogP contribution in [0.3, 0.4) is 0 Å². The Labute approximate surface area is 175 Å². The van der Waals surface area contributed by atoms with Crippen molar-refractivity contribution < 1.29 is 0 Å². The minimum absolute atomic E-state index is 0.556. The number of rotatable bonds is 6. The first-order chi connectivity index (χ1) is 12.9. The second-order valence-electron chi connectivity index (χ2n) is 6.36. The van der Waals surface area contributed by atoms with E-state index in [0.29, 0.717) is 9.54 Å². The van der Waals surface area contributed by atoms with E-state index in [-0.39, 0.29) is 0 Å². The highest BCUT2D eigenvalue weighted by molar-refractivity contribution is 7.80. The van der Waals surface area contributed by atoms with Crippen LogP contribution in [0, 0.1) is 9.54 Å². The van der Waals surface area contributed by atoms with Gasteiger partial charge in [0, 0.05) is 23.7 Å². The number of nitrogens with zero attached hydrogens (tertiary/aromatic N) is 2. The summed E-state index contributed by atoms with van der Waals surface area (Å²) in [6.45, 7) is 9.87. The van der Waals surface area contributed by atoms with Gasteiger partial charge in [0.1, 0.15) is 0 Å². The van der Waals surface area contributed by atoms with Crippen LogP contribution in [0.2, 0.25) is 0 Å². The van der Waals surface area contributed by atoms with E-state index < -0.39 is 0 Å². The molecule has 2 N–H and O–H groups in total. The first-order valence-electron chi connectivity index (χ1n) is 8.63. The number of aromatic nitrogens is 3. The number of hydrogen-bond acceptors (Lipinski definition) is 4. The Morgan fingerprint density at radius 2 is 1.85 bits per heavy atom. The lowest BCUT2D eigenvalue weighted by Gasteiger charge is -2.24. The molecule has 0 unspecified atom stereocenters. The third-order valence-corrected chi connectivity index (χ3v) is 5.37. The van der Waals surface area contributed by atoms with E-state index in [1.165, 1.54) is 5.56 Å². The molecule has 0 aliphatic rings. The predicted octanol–water partition coefficient (Wildman–Crippen LogP) is 5.94. The molecular formula is C20H22N4S3. The number of anilines is 1. The second kappa shape index (κ2) is 8.29. The third-order valence-electron chi connectivity index (χ3n) is 4.41. The van der Waals surface area contributed by atoms with E-state index in [1.807, 2.05) is 29.7 Å². The van der Waals surface area contributed by atoms with Gasteiger partial charge in [-0.2, -0.15) is 0 Å². The molecule has 0 aliphatic heterocycles. The van der Waals surface area contributed by atoms with E-state index in [1.54, 1.807) is 0 Å². The molecule has 0 spiro atoms. The van der Waals surface area contributed by atoms with E-state index in [0.717, 1.165) is 40.5 Å². The van der Waals surface area contributed by atoms with Gasteiger partial charge in [-0.25, -0.2) is 0 Å². The van der Waals surface area contributed by atoms with Crippen LogP contribution >= 0.6 is 37.1 Å². The van der Waals surface area contributed by atoms with Gasteiger partial charge in [0.15, 0.2) is 9.54 Å². The first-order valence-corrected chi connectivity index (χ1v) is 9.90. The Hall–Kier alpha value is -2.09. The molecule has 0 amide bonds. The molecule has 2 aromatic carbocycles. The van der Waals surface area contributed by atoms with Crippen molar-refractivity contribution in [2.45, 2.75) is 25.3 Å². The third kappa shape index (κ3) is 4.26. The predicted molar refractivity (Wildman–Crippen MR) is 121 cm³/mol. The fourth-order valence-electron chi connectivity index (χ4n) is 3.01. The summed E-state index contributed by atoms with van der Waals surface area (Å²) < 4.78 is 2.93. The van der Waals surface area contributed by atoms with Crippen LogP contribution in [-0.2, 0) is 6.54 Å². The van der Waals surface area contributed by atoms with Crippen LogP contribution in [-0.4, -0.2) is 21.3 Å². The summed E-state index contributed by atoms with van der Waals surface area (Å²) in [5, 5.41) is 5.75. The highest BCUT2D eigenvalue weighted by Crippen LogP contribution is 2.27. The molecule has 1 heterocycles. The summed E-state index contributed by atoms with van der Waals surface area (Å²) in [5.74, 6) is 0. The molecule has 27 heavy (non-hydrogen) atoms. The normalized spacial score (nSPS) is 10.8. The molecule has 0 aliphatic carbocycles. The van der Waals surface area contributed by atoms with Crippen molar-refractivity contribution in [1.82, 2.24) is 14.8 Å². The molecule has 1 aromatic heterocycles. The van der Waals surface area contributed by atoms with Crippen LogP contribution < -0.4 is 4.90 Å². The number of hydrogen-bond donors (Lipinski definition) is 3. The van der Waals surface area contributed by atoms with Crippen LogP contribution in [0.25, 0.3) is 11.3 Å². The molecule has 0 bridgehead atoms. The molecular weight excluding hydrogens is 392 g/mol. The summed E-state index contributed by atoms with van der Waals surface area (Å²) in [4.78, 5) is 3.26. The second-order valence-corrected chi connectivity index (χ2v) is 7.62. The van der Waals surface area contributed by atoms with Crippen LogP contribution in [0.5, 0.6) is 0 Å². The average Bonchev–Trinajstić information content (AvgIpc) is 2.98. The van der Waals surface area contributed by atoms with Crippen molar-refractivity contribution >= 4 is 48.3 Å². The standard InChI is InChI=1S/C20H22N4S3/c1-4-23(15-8-9-18(25)17(11-15)13(2)3)12-14-6-5-7-16(10-14)24-19(26)21-22-20(24)27/h5-11,25H,2,4,12H2,1,3H3,(H,21,26)(H,22,27). The molecule has 0 atom stereocenters. The van der Waals surface area contributed by atoms with E-state index in [9.17, 15) is 0 Å². The zero-order chi connectivity index (χ0) is 19.6. The monoisotopic (exact) mass is 414 g/mol. The van der Waals surface area contributed by atoms with Gasteiger partial charge in [-0.1, -0.05) is 18.7 Å². The highest BCUT2D eigenvalue weighted by atomic mass is 32.1. The van der Waals surface area contributed by atoms with Gasteiger partial charge in [0.2, 0.25) is 0 Å². The number of nitrogens with one attached hydrogen (secondary N) is 2. The smallest absolute Gasteiger partial charge is 0.198 e. The van der Waals surface area contributed by atoms with E-state index in [4.69, 9.17) is 24.4 Å². The van der Waals surface area contributed by atoms with Crippen LogP contribution in [0.4, 0.5) is 5.69 Å². The van der Waals surface area contributed by atoms with Crippen molar-refractivity contribution in [3.8, 4) is 5.69 Å². The van der Waals surface area contributed by atoms with Gasteiger partial charge in [-0.15, -0.1) is 12.6 Å². The Morgan fingerprint density at radius 1 is 1.15 bits per heavy atom. The summed E-state index contributed by atoms with van der Waals surface area (Å²) in [5.41, 5.74) is 5.36. The maximum Gasteiger partial charge on any atom is 0.198 e. The quantitative estimate of drug-likeness (QED) is 0.345. The fraction of sp³-hybridized carbons (Fsp3) is 0.200. The van der Waals surface area contributed by atoms with Gasteiger partial charge < -0.3 is 4.90 Å². The molecule has 7 heteroatoms. The summed E-state index contributed by atoms with van der Waals surface area (Å²) in [7, 11) is 0. The van der Waals surface area contributed by atoms with Crippen molar-refractivity contribution in [2.24, 2.45) is 0 Å². The van der Waals surface area contributed by atoms with Crippen molar-refractivity contribution in [3.63, 3.8) is 0 Å². The summed E-state index contributed by atoms with van der Waals surface area (Å²) >= 11 is 15.2. The molecule has 3 aromatic rings. The summed E-state index contributed by atoms with van der Waals surface area (Å²) in [6.07, 6.45) is 0. The number of benzene rings is 2. The Kier molecular flexibility index (Phi) is 6.04. The van der Waals surface area contributed by atoms with E-state index >= 15 is 0 Å². The number of allylic oxidation sites excluding steroid dienone is 1. The van der Waals surface area contributed by atoms with Crippen molar-refractivity contribution in [2.75, 3.05) is 11.4 Å². The van der Waals surface area contributed by atoms with Crippen LogP contribution in [0.15, 0.2) is 53.9 Å². The molecule has 4 nitrogen and oxygen atoms in total. The number of thiol groups is 1. The maximum absolute atomic E-state index is 5.32. The topological polar surface area (TPSA) is 39.8 Å². The van der Waals surface area contributed by atoms with Crippen molar-refractivity contribution in [1.29, 1.82) is 0 Å². The molecule has 0 saturated carbocycles. The zero-order valence-electron chi connectivity index (χ0n) is 15.3. The largest absolute Gasteiger partial charge is 0.367 e. The zero-order valence-corrected chi connectivity index (χ0v) is 17.8. The molecule has 140 valence electrons. The van der Waals surface area contributed by atoms with Gasteiger partial charge in [0.25, 0.3) is 0 Å². The molecule has 3 rings (SSSR count). The Bertz CT molecular complexity index is 1060. The molecule has 0 radical (unpaired) electrons. The Morgan fingerprint density at radius 3 is 2.48 bits per heavy atom. The highest BCUT2D eigenvalue weighted by Gasteiger charge is 2.10. The van der Waals surface area contributed by atoms with Gasteiger partial charge >= 0.3 is 0 Å². The van der Waals surface area contributed by atoms with E-state index in [2.05, 4.69) is 65.5 Å². The number of H-pyrrole nitrogens is 2.